The largest absolute Gasteiger partial charge is 0.417 e. The first-order valence-electron chi connectivity index (χ1n) is 9.59. The Morgan fingerprint density at radius 1 is 1.27 bits per heavy atom. The quantitative estimate of drug-likeness (QED) is 0.422. The lowest BCUT2D eigenvalue weighted by atomic mass is 10.3. The van der Waals surface area contributed by atoms with Crippen LogP contribution in [0.2, 0.25) is 0 Å². The molecule has 33 heavy (non-hydrogen) atoms. The van der Waals surface area contributed by atoms with E-state index in [0.717, 1.165) is 16.8 Å². The Morgan fingerprint density at radius 3 is 2.76 bits per heavy atom. The summed E-state index contributed by atoms with van der Waals surface area (Å²) < 4.78 is 54.1. The SMILES string of the molecule is CCS(=O)c1nn2c(C(=O)NCCC#N)ccnc2c1-c1nc2ccc(C(F)(F)F)cn2n1. The Morgan fingerprint density at radius 2 is 2.06 bits per heavy atom. The molecular formula is C19H15F3N8O2S. The first kappa shape index (κ1) is 22.3. The highest BCUT2D eigenvalue weighted by Gasteiger charge is 2.32. The molecule has 4 heterocycles. The molecule has 0 aliphatic heterocycles. The molecule has 0 saturated heterocycles. The van der Waals surface area contributed by atoms with Gasteiger partial charge in [0.15, 0.2) is 22.1 Å². The van der Waals surface area contributed by atoms with E-state index in [-0.39, 0.29) is 52.1 Å². The molecule has 4 rings (SSSR count). The van der Waals surface area contributed by atoms with Gasteiger partial charge in [0.2, 0.25) is 0 Å². The molecule has 1 atom stereocenters. The Kier molecular flexibility index (Phi) is 5.81. The van der Waals surface area contributed by atoms with Crippen molar-refractivity contribution in [3.05, 3.63) is 41.9 Å². The lowest BCUT2D eigenvalue weighted by Crippen LogP contribution is -2.26. The number of hydrogen-bond acceptors (Lipinski definition) is 7. The zero-order chi connectivity index (χ0) is 23.8. The minimum absolute atomic E-state index is 0.0318. The van der Waals surface area contributed by atoms with Crippen LogP contribution in [0.1, 0.15) is 29.4 Å². The number of aromatic nitrogens is 6. The third-order valence-electron chi connectivity index (χ3n) is 4.60. The average molecular weight is 476 g/mol. The van der Waals surface area contributed by atoms with Crippen LogP contribution >= 0.6 is 0 Å². The normalized spacial score (nSPS) is 12.7. The summed E-state index contributed by atoms with van der Waals surface area (Å²) in [6, 6.07) is 5.37. The van der Waals surface area contributed by atoms with Crippen molar-refractivity contribution in [1.29, 1.82) is 5.26 Å². The van der Waals surface area contributed by atoms with E-state index in [0.29, 0.717) is 0 Å². The van der Waals surface area contributed by atoms with E-state index in [1.807, 2.05) is 6.07 Å². The summed E-state index contributed by atoms with van der Waals surface area (Å²) in [4.78, 5) is 21.1. The van der Waals surface area contributed by atoms with E-state index in [1.165, 1.54) is 22.8 Å². The number of hydrogen-bond donors (Lipinski definition) is 1. The smallest absolute Gasteiger partial charge is 0.350 e. The lowest BCUT2D eigenvalue weighted by Gasteiger charge is -2.05. The molecule has 0 bridgehead atoms. The molecular weight excluding hydrogens is 461 g/mol. The summed E-state index contributed by atoms with van der Waals surface area (Å²) in [5, 5.41) is 19.7. The van der Waals surface area contributed by atoms with Crippen LogP contribution in [0, 0.1) is 11.3 Å². The van der Waals surface area contributed by atoms with Gasteiger partial charge < -0.3 is 5.32 Å². The van der Waals surface area contributed by atoms with Gasteiger partial charge in [-0.15, -0.1) is 5.10 Å². The standard InChI is InChI=1S/C19H15F3N8O2S/c1-2-33(32)18-14(15-26-13-5-4-11(19(20,21)22)10-29(13)27-15)16-24-9-6-12(30(16)28-18)17(31)25-8-3-7-23/h4-6,9-10H,2-3,8H2,1H3,(H,25,31). The van der Waals surface area contributed by atoms with Crippen LogP contribution in [0.3, 0.4) is 0 Å². The average Bonchev–Trinajstić information content (AvgIpc) is 3.38. The molecule has 1 amide bonds. The molecule has 0 fully saturated rings. The summed E-state index contributed by atoms with van der Waals surface area (Å²) in [5.74, 6) is -0.374. The third-order valence-corrected chi connectivity index (χ3v) is 5.84. The highest BCUT2D eigenvalue weighted by atomic mass is 32.2. The number of nitrogens with one attached hydrogen (secondary N) is 1. The highest BCUT2D eigenvalue weighted by Crippen LogP contribution is 2.31. The summed E-state index contributed by atoms with van der Waals surface area (Å²) in [6.07, 6.45) is -2.30. The van der Waals surface area contributed by atoms with Crippen molar-refractivity contribution in [1.82, 2.24) is 34.5 Å². The van der Waals surface area contributed by atoms with Crippen molar-refractivity contribution in [2.75, 3.05) is 12.3 Å². The predicted molar refractivity (Wildman–Crippen MR) is 109 cm³/mol. The number of carbonyl (C=O) groups is 1. The number of pyridine rings is 1. The summed E-state index contributed by atoms with van der Waals surface area (Å²) in [6.45, 7) is 1.79. The van der Waals surface area contributed by atoms with Crippen molar-refractivity contribution in [2.45, 2.75) is 24.5 Å². The molecule has 170 valence electrons. The van der Waals surface area contributed by atoms with Crippen LogP contribution in [0.15, 0.2) is 35.6 Å². The van der Waals surface area contributed by atoms with Crippen molar-refractivity contribution >= 4 is 28.0 Å². The van der Waals surface area contributed by atoms with Gasteiger partial charge in [0.25, 0.3) is 5.91 Å². The van der Waals surface area contributed by atoms with Gasteiger partial charge in [0, 0.05) is 24.7 Å². The number of nitriles is 1. The van der Waals surface area contributed by atoms with Gasteiger partial charge in [-0.05, 0) is 18.2 Å². The molecule has 0 aromatic carbocycles. The zero-order valence-electron chi connectivity index (χ0n) is 17.0. The van der Waals surface area contributed by atoms with Gasteiger partial charge in [0.1, 0.15) is 11.3 Å². The van der Waals surface area contributed by atoms with E-state index in [4.69, 9.17) is 5.26 Å². The number of halogens is 3. The summed E-state index contributed by atoms with van der Waals surface area (Å²) in [5.41, 5.74) is -0.429. The molecule has 0 saturated carbocycles. The Balaban J connectivity index is 1.89. The van der Waals surface area contributed by atoms with Gasteiger partial charge in [-0.1, -0.05) is 6.92 Å². The Labute approximate surface area is 186 Å². The number of carbonyl (C=O) groups excluding carboxylic acids is 1. The van der Waals surface area contributed by atoms with Gasteiger partial charge in [0.05, 0.1) is 28.9 Å². The molecule has 14 heteroatoms. The Hall–Kier alpha value is -3.86. The van der Waals surface area contributed by atoms with Crippen LogP contribution in [0.4, 0.5) is 13.2 Å². The van der Waals surface area contributed by atoms with Crippen LogP contribution < -0.4 is 5.32 Å². The lowest BCUT2D eigenvalue weighted by molar-refractivity contribution is -0.137. The van der Waals surface area contributed by atoms with Crippen LogP contribution in [0.25, 0.3) is 22.7 Å². The van der Waals surface area contributed by atoms with E-state index in [1.54, 1.807) is 6.92 Å². The predicted octanol–water partition coefficient (Wildman–Crippen LogP) is 2.23. The maximum absolute atomic E-state index is 13.1. The second-order valence-corrected chi connectivity index (χ2v) is 8.35. The molecule has 0 aliphatic carbocycles. The van der Waals surface area contributed by atoms with Crippen LogP contribution in [-0.4, -0.2) is 51.6 Å². The van der Waals surface area contributed by atoms with Crippen molar-refractivity contribution in [3.63, 3.8) is 0 Å². The number of amides is 1. The first-order valence-corrected chi connectivity index (χ1v) is 10.9. The fourth-order valence-corrected chi connectivity index (χ4v) is 3.93. The molecule has 0 radical (unpaired) electrons. The fraction of sp³-hybridized carbons (Fsp3) is 0.263. The van der Waals surface area contributed by atoms with E-state index in [9.17, 15) is 22.2 Å². The van der Waals surface area contributed by atoms with Crippen molar-refractivity contribution in [2.24, 2.45) is 0 Å². The topological polar surface area (TPSA) is 130 Å². The molecule has 0 aliphatic rings. The second kappa shape index (κ2) is 8.58. The van der Waals surface area contributed by atoms with Crippen LogP contribution in [-0.2, 0) is 17.0 Å². The van der Waals surface area contributed by atoms with Crippen molar-refractivity contribution in [3.8, 4) is 17.5 Å². The van der Waals surface area contributed by atoms with E-state index in [2.05, 4.69) is 25.5 Å². The maximum atomic E-state index is 13.1. The van der Waals surface area contributed by atoms with Crippen molar-refractivity contribution < 1.29 is 22.2 Å². The number of rotatable bonds is 6. The number of nitrogens with zero attached hydrogens (tertiary/aromatic N) is 7. The summed E-state index contributed by atoms with van der Waals surface area (Å²) >= 11 is 0. The molecule has 1 N–H and O–H groups in total. The van der Waals surface area contributed by atoms with E-state index < -0.39 is 28.4 Å². The van der Waals surface area contributed by atoms with Crippen LogP contribution in [0.5, 0.6) is 0 Å². The molecule has 4 aromatic rings. The Bertz CT molecular complexity index is 1440. The molecule has 1 unspecified atom stereocenters. The first-order chi connectivity index (χ1) is 15.7. The zero-order valence-corrected chi connectivity index (χ0v) is 17.8. The van der Waals surface area contributed by atoms with Gasteiger partial charge >= 0.3 is 6.18 Å². The summed E-state index contributed by atoms with van der Waals surface area (Å²) in [7, 11) is -1.62. The second-order valence-electron chi connectivity index (χ2n) is 6.70. The number of fused-ring (bicyclic) bond motifs is 2. The minimum Gasteiger partial charge on any atom is -0.350 e. The van der Waals surface area contributed by atoms with E-state index >= 15 is 0 Å². The number of alkyl halides is 3. The maximum Gasteiger partial charge on any atom is 0.417 e. The van der Waals surface area contributed by atoms with Gasteiger partial charge in [-0.2, -0.15) is 23.5 Å². The molecule has 0 spiro atoms. The monoisotopic (exact) mass is 476 g/mol. The van der Waals surface area contributed by atoms with Gasteiger partial charge in [-0.3, -0.25) is 9.00 Å². The highest BCUT2D eigenvalue weighted by molar-refractivity contribution is 7.85. The fourth-order valence-electron chi connectivity index (χ4n) is 3.07. The molecule has 4 aromatic heterocycles. The van der Waals surface area contributed by atoms with Gasteiger partial charge in [-0.25, -0.2) is 19.0 Å². The molecule has 10 nitrogen and oxygen atoms in total. The minimum atomic E-state index is -4.56. The third kappa shape index (κ3) is 4.14.